The third kappa shape index (κ3) is 3.41. The number of hydrogen-bond donors (Lipinski definition) is 1. The highest BCUT2D eigenvalue weighted by molar-refractivity contribution is 5.92. The summed E-state index contributed by atoms with van der Waals surface area (Å²) in [5, 5.41) is 3.05. The number of aromatic nitrogens is 1. The minimum atomic E-state index is -0.136. The standard InChI is InChI=1S/C16H18N2O/c1-12(2)15(13-8-4-3-5-9-13)18-16(19)14-10-6-7-11-17-14/h3-12,15H,1-2H3,(H,18,19). The lowest BCUT2D eigenvalue weighted by Crippen LogP contribution is -2.32. The van der Waals surface area contributed by atoms with Crippen molar-refractivity contribution in [1.82, 2.24) is 10.3 Å². The molecule has 19 heavy (non-hydrogen) atoms. The molecule has 2 aromatic rings. The van der Waals surface area contributed by atoms with Gasteiger partial charge in [-0.2, -0.15) is 0 Å². The van der Waals surface area contributed by atoms with Gasteiger partial charge in [0.1, 0.15) is 5.69 Å². The lowest BCUT2D eigenvalue weighted by Gasteiger charge is -2.22. The number of benzene rings is 1. The molecule has 1 unspecified atom stereocenters. The molecule has 0 radical (unpaired) electrons. The topological polar surface area (TPSA) is 42.0 Å². The molecule has 0 saturated carbocycles. The van der Waals surface area contributed by atoms with Crippen molar-refractivity contribution in [2.75, 3.05) is 0 Å². The number of nitrogens with one attached hydrogen (secondary N) is 1. The van der Waals surface area contributed by atoms with Crippen molar-refractivity contribution in [1.29, 1.82) is 0 Å². The first kappa shape index (κ1) is 13.3. The van der Waals surface area contributed by atoms with Crippen LogP contribution < -0.4 is 5.32 Å². The van der Waals surface area contributed by atoms with Crippen LogP contribution in [0.15, 0.2) is 54.7 Å². The van der Waals surface area contributed by atoms with Crippen molar-refractivity contribution < 1.29 is 4.79 Å². The third-order valence-corrected chi connectivity index (χ3v) is 3.01. The van der Waals surface area contributed by atoms with Crippen molar-refractivity contribution in [2.45, 2.75) is 19.9 Å². The van der Waals surface area contributed by atoms with Crippen LogP contribution in [0.4, 0.5) is 0 Å². The summed E-state index contributed by atoms with van der Waals surface area (Å²) in [6.07, 6.45) is 1.63. The summed E-state index contributed by atoms with van der Waals surface area (Å²) in [5.74, 6) is 0.179. The Morgan fingerprint density at radius 1 is 1.05 bits per heavy atom. The molecule has 98 valence electrons. The number of rotatable bonds is 4. The van der Waals surface area contributed by atoms with E-state index in [0.29, 0.717) is 11.6 Å². The summed E-state index contributed by atoms with van der Waals surface area (Å²) < 4.78 is 0. The molecule has 0 aliphatic rings. The largest absolute Gasteiger partial charge is 0.344 e. The van der Waals surface area contributed by atoms with Gasteiger partial charge in [-0.25, -0.2) is 0 Å². The van der Waals surface area contributed by atoms with Crippen LogP contribution in [-0.4, -0.2) is 10.9 Å². The average Bonchev–Trinajstić information content (AvgIpc) is 2.46. The van der Waals surface area contributed by atoms with E-state index in [1.807, 2.05) is 36.4 Å². The van der Waals surface area contributed by atoms with Crippen molar-refractivity contribution >= 4 is 5.91 Å². The lowest BCUT2D eigenvalue weighted by molar-refractivity contribution is 0.0920. The fraction of sp³-hybridized carbons (Fsp3) is 0.250. The van der Waals surface area contributed by atoms with Gasteiger partial charge in [-0.3, -0.25) is 9.78 Å². The van der Waals surface area contributed by atoms with E-state index in [1.165, 1.54) is 0 Å². The first-order valence-electron chi connectivity index (χ1n) is 6.45. The Balaban J connectivity index is 2.17. The predicted octanol–water partition coefficient (Wildman–Crippen LogP) is 3.21. The Bertz CT molecular complexity index is 523. The zero-order valence-corrected chi connectivity index (χ0v) is 11.2. The van der Waals surface area contributed by atoms with Crippen LogP contribution >= 0.6 is 0 Å². The summed E-state index contributed by atoms with van der Waals surface area (Å²) in [6, 6.07) is 15.3. The Kier molecular flexibility index (Phi) is 4.29. The third-order valence-electron chi connectivity index (χ3n) is 3.01. The van der Waals surface area contributed by atoms with E-state index in [9.17, 15) is 4.79 Å². The molecule has 1 aromatic heterocycles. The van der Waals surface area contributed by atoms with E-state index >= 15 is 0 Å². The predicted molar refractivity (Wildman–Crippen MR) is 75.7 cm³/mol. The van der Waals surface area contributed by atoms with Gasteiger partial charge in [0.15, 0.2) is 0 Å². The van der Waals surface area contributed by atoms with E-state index in [4.69, 9.17) is 0 Å². The highest BCUT2D eigenvalue weighted by Crippen LogP contribution is 2.21. The second-order valence-corrected chi connectivity index (χ2v) is 4.82. The molecule has 1 aromatic carbocycles. The SMILES string of the molecule is CC(C)C(NC(=O)c1ccccn1)c1ccccc1. The fourth-order valence-electron chi connectivity index (χ4n) is 2.01. The number of nitrogens with zero attached hydrogens (tertiary/aromatic N) is 1. The molecule has 3 heteroatoms. The minimum Gasteiger partial charge on any atom is -0.344 e. The summed E-state index contributed by atoms with van der Waals surface area (Å²) in [7, 11) is 0. The van der Waals surface area contributed by atoms with Crippen molar-refractivity contribution in [3.63, 3.8) is 0 Å². The average molecular weight is 254 g/mol. The van der Waals surface area contributed by atoms with Crippen LogP contribution in [0.1, 0.15) is 35.9 Å². The summed E-state index contributed by atoms with van der Waals surface area (Å²) in [5.41, 5.74) is 1.56. The van der Waals surface area contributed by atoms with Crippen LogP contribution in [0.5, 0.6) is 0 Å². The maximum atomic E-state index is 12.2. The molecule has 1 N–H and O–H groups in total. The summed E-state index contributed by atoms with van der Waals surface area (Å²) >= 11 is 0. The second-order valence-electron chi connectivity index (χ2n) is 4.82. The Hall–Kier alpha value is -2.16. The zero-order valence-electron chi connectivity index (χ0n) is 11.2. The van der Waals surface area contributed by atoms with E-state index in [1.54, 1.807) is 18.3 Å². The Morgan fingerprint density at radius 3 is 2.32 bits per heavy atom. The van der Waals surface area contributed by atoms with Gasteiger partial charge in [0.25, 0.3) is 5.91 Å². The van der Waals surface area contributed by atoms with Crippen LogP contribution in [0, 0.1) is 5.92 Å². The van der Waals surface area contributed by atoms with Gasteiger partial charge in [0, 0.05) is 6.20 Å². The molecule has 1 heterocycles. The quantitative estimate of drug-likeness (QED) is 0.910. The normalized spacial score (nSPS) is 12.2. The number of carbonyl (C=O) groups excluding carboxylic acids is 1. The molecule has 0 saturated heterocycles. The summed E-state index contributed by atoms with van der Waals surface area (Å²) in [4.78, 5) is 16.2. The van der Waals surface area contributed by atoms with Crippen LogP contribution in [0.2, 0.25) is 0 Å². The molecule has 1 amide bonds. The smallest absolute Gasteiger partial charge is 0.270 e. The van der Waals surface area contributed by atoms with Crippen LogP contribution in [0.25, 0.3) is 0 Å². The molecule has 1 atom stereocenters. The van der Waals surface area contributed by atoms with Crippen molar-refractivity contribution in [3.8, 4) is 0 Å². The molecular weight excluding hydrogens is 236 g/mol. The van der Waals surface area contributed by atoms with E-state index in [2.05, 4.69) is 24.1 Å². The number of carbonyl (C=O) groups is 1. The van der Waals surface area contributed by atoms with Gasteiger partial charge >= 0.3 is 0 Å². The zero-order chi connectivity index (χ0) is 13.7. The summed E-state index contributed by atoms with van der Waals surface area (Å²) in [6.45, 7) is 4.19. The maximum absolute atomic E-state index is 12.2. The van der Waals surface area contributed by atoms with Gasteiger partial charge in [-0.15, -0.1) is 0 Å². The van der Waals surface area contributed by atoms with Gasteiger partial charge < -0.3 is 5.32 Å². The Morgan fingerprint density at radius 2 is 1.74 bits per heavy atom. The molecule has 0 fully saturated rings. The molecule has 0 aliphatic carbocycles. The van der Waals surface area contributed by atoms with E-state index in [0.717, 1.165) is 5.56 Å². The molecule has 0 aliphatic heterocycles. The highest BCUT2D eigenvalue weighted by atomic mass is 16.1. The first-order chi connectivity index (χ1) is 9.18. The second kappa shape index (κ2) is 6.14. The number of pyridine rings is 1. The number of hydrogen-bond acceptors (Lipinski definition) is 2. The van der Waals surface area contributed by atoms with Gasteiger partial charge in [0.05, 0.1) is 6.04 Å². The molecule has 3 nitrogen and oxygen atoms in total. The fourth-order valence-corrected chi connectivity index (χ4v) is 2.01. The van der Waals surface area contributed by atoms with Gasteiger partial charge in [-0.1, -0.05) is 50.2 Å². The van der Waals surface area contributed by atoms with Crippen molar-refractivity contribution in [3.05, 3.63) is 66.0 Å². The van der Waals surface area contributed by atoms with Crippen LogP contribution in [-0.2, 0) is 0 Å². The van der Waals surface area contributed by atoms with E-state index in [-0.39, 0.29) is 11.9 Å². The lowest BCUT2D eigenvalue weighted by atomic mass is 9.96. The van der Waals surface area contributed by atoms with Gasteiger partial charge in [0.2, 0.25) is 0 Å². The number of amides is 1. The molecule has 0 bridgehead atoms. The van der Waals surface area contributed by atoms with Gasteiger partial charge in [-0.05, 0) is 23.6 Å². The Labute approximate surface area is 113 Å². The molecule has 2 rings (SSSR count). The molecular formula is C16H18N2O. The first-order valence-corrected chi connectivity index (χ1v) is 6.45. The monoisotopic (exact) mass is 254 g/mol. The van der Waals surface area contributed by atoms with Crippen molar-refractivity contribution in [2.24, 2.45) is 5.92 Å². The minimum absolute atomic E-state index is 0.00398. The molecule has 0 spiro atoms. The highest BCUT2D eigenvalue weighted by Gasteiger charge is 2.19. The van der Waals surface area contributed by atoms with E-state index < -0.39 is 0 Å². The maximum Gasteiger partial charge on any atom is 0.270 e. The van der Waals surface area contributed by atoms with Crippen LogP contribution in [0.3, 0.4) is 0 Å².